The van der Waals surface area contributed by atoms with Gasteiger partial charge in [-0.1, -0.05) is 12.1 Å². The molecule has 0 atom stereocenters. The third-order valence-corrected chi connectivity index (χ3v) is 5.75. The number of methoxy groups -OCH3 is 5. The van der Waals surface area contributed by atoms with Gasteiger partial charge in [0.15, 0.2) is 11.5 Å². The van der Waals surface area contributed by atoms with Gasteiger partial charge in [-0.25, -0.2) is 0 Å². The van der Waals surface area contributed by atoms with Crippen LogP contribution in [0.15, 0.2) is 48.5 Å². The van der Waals surface area contributed by atoms with E-state index in [9.17, 15) is 0 Å². The zero-order valence-corrected chi connectivity index (χ0v) is 21.4. The summed E-state index contributed by atoms with van der Waals surface area (Å²) in [4.78, 5) is 0. The van der Waals surface area contributed by atoms with Crippen LogP contribution in [0.25, 0.3) is 0 Å². The van der Waals surface area contributed by atoms with Crippen LogP contribution < -0.4 is 29.0 Å². The van der Waals surface area contributed by atoms with Gasteiger partial charge in [0.05, 0.1) is 40.6 Å². The second-order valence-corrected chi connectivity index (χ2v) is 8.05. The molecule has 0 amide bonds. The predicted octanol–water partition coefficient (Wildman–Crippen LogP) is 5.30. The molecule has 0 spiro atoms. The number of ether oxygens (including phenoxy) is 6. The summed E-state index contributed by atoms with van der Waals surface area (Å²) in [6.07, 6.45) is 0.885. The van der Waals surface area contributed by atoms with Crippen molar-refractivity contribution in [3.63, 3.8) is 0 Å². The molecule has 0 aliphatic carbocycles. The topological polar surface area (TPSA) is 67.4 Å². The van der Waals surface area contributed by atoms with Crippen LogP contribution >= 0.6 is 0 Å². The van der Waals surface area contributed by atoms with Gasteiger partial charge >= 0.3 is 0 Å². The zero-order chi connectivity index (χ0) is 25.2. The highest BCUT2D eigenvalue weighted by Gasteiger charge is 2.14. The Morgan fingerprint density at radius 2 is 1.37 bits per heavy atom. The van der Waals surface area contributed by atoms with Crippen LogP contribution in [0.4, 0.5) is 0 Å². The number of benzene rings is 3. The van der Waals surface area contributed by atoms with Crippen LogP contribution in [-0.2, 0) is 24.3 Å². The molecule has 1 N–H and O–H groups in total. The lowest BCUT2D eigenvalue weighted by Gasteiger charge is -2.16. The molecule has 0 radical (unpaired) electrons. The summed E-state index contributed by atoms with van der Waals surface area (Å²) in [7, 11) is 8.18. The molecule has 3 rings (SSSR count). The highest BCUT2D eigenvalue weighted by Crippen LogP contribution is 2.36. The molecule has 0 aliphatic rings. The monoisotopic (exact) mass is 481 g/mol. The molecule has 7 nitrogen and oxygen atoms in total. The fraction of sp³-hybridized carbons (Fsp3) is 0.357. The summed E-state index contributed by atoms with van der Waals surface area (Å²) in [5.74, 6) is 4.19. The van der Waals surface area contributed by atoms with Crippen molar-refractivity contribution in [3.8, 4) is 34.5 Å². The molecule has 0 unspecified atom stereocenters. The van der Waals surface area contributed by atoms with Crippen molar-refractivity contribution in [1.29, 1.82) is 0 Å². The van der Waals surface area contributed by atoms with Gasteiger partial charge < -0.3 is 33.7 Å². The van der Waals surface area contributed by atoms with Crippen LogP contribution in [0, 0.1) is 6.92 Å². The summed E-state index contributed by atoms with van der Waals surface area (Å²) in [6.45, 7) is 4.03. The first-order valence-corrected chi connectivity index (χ1v) is 11.5. The fourth-order valence-electron chi connectivity index (χ4n) is 3.91. The minimum absolute atomic E-state index is 0.386. The number of hydrogen-bond acceptors (Lipinski definition) is 7. The van der Waals surface area contributed by atoms with Crippen molar-refractivity contribution in [2.24, 2.45) is 0 Å². The fourth-order valence-corrected chi connectivity index (χ4v) is 3.91. The van der Waals surface area contributed by atoms with E-state index in [0.717, 1.165) is 47.9 Å². The number of hydrogen-bond donors (Lipinski definition) is 1. The molecule has 35 heavy (non-hydrogen) atoms. The molecule has 188 valence electrons. The number of nitrogens with one attached hydrogen (secondary N) is 1. The van der Waals surface area contributed by atoms with Crippen molar-refractivity contribution >= 4 is 0 Å². The molecule has 7 heteroatoms. The van der Waals surface area contributed by atoms with Crippen molar-refractivity contribution in [2.45, 2.75) is 26.5 Å². The molecule has 0 fully saturated rings. The highest BCUT2D eigenvalue weighted by molar-refractivity contribution is 5.51. The van der Waals surface area contributed by atoms with Crippen molar-refractivity contribution in [2.75, 3.05) is 42.1 Å². The van der Waals surface area contributed by atoms with E-state index < -0.39 is 0 Å². The molecule has 0 saturated heterocycles. The zero-order valence-electron chi connectivity index (χ0n) is 21.4. The van der Waals surface area contributed by atoms with E-state index in [1.165, 1.54) is 11.1 Å². The quantitative estimate of drug-likeness (QED) is 0.332. The Morgan fingerprint density at radius 1 is 0.714 bits per heavy atom. The molecule has 0 heterocycles. The lowest BCUT2D eigenvalue weighted by molar-refractivity contribution is 0.178. The lowest BCUT2D eigenvalue weighted by Crippen LogP contribution is -2.17. The normalized spacial score (nSPS) is 10.7. The summed E-state index contributed by atoms with van der Waals surface area (Å²) in [6, 6.07) is 15.8. The highest BCUT2D eigenvalue weighted by atomic mass is 16.5. The molecular formula is C28H35NO6. The SMILES string of the molecule is COCc1c(OC)cc(Oc2cccc(CNCCc3cc(OC)c(OC)cc3C)c2)cc1OC. The van der Waals surface area contributed by atoms with Crippen molar-refractivity contribution in [1.82, 2.24) is 5.32 Å². The van der Waals surface area contributed by atoms with Crippen molar-refractivity contribution in [3.05, 3.63) is 70.8 Å². The second kappa shape index (κ2) is 12.9. The van der Waals surface area contributed by atoms with Gasteiger partial charge in [-0.05, 0) is 60.8 Å². The Morgan fingerprint density at radius 3 is 2.00 bits per heavy atom. The molecule has 0 bridgehead atoms. The Kier molecular flexibility index (Phi) is 9.64. The Hall–Kier alpha value is -3.42. The van der Waals surface area contributed by atoms with E-state index in [1.54, 1.807) is 35.5 Å². The maximum atomic E-state index is 6.12. The van der Waals surface area contributed by atoms with Gasteiger partial charge in [0.1, 0.15) is 23.0 Å². The largest absolute Gasteiger partial charge is 0.496 e. The van der Waals surface area contributed by atoms with Crippen LogP contribution in [0.1, 0.15) is 22.3 Å². The van der Waals surface area contributed by atoms with Gasteiger partial charge in [-0.3, -0.25) is 0 Å². The summed E-state index contributed by atoms with van der Waals surface area (Å²) >= 11 is 0. The van der Waals surface area contributed by atoms with Crippen molar-refractivity contribution < 1.29 is 28.4 Å². The first-order valence-electron chi connectivity index (χ1n) is 11.5. The Bertz CT molecular complexity index is 1090. The van der Waals surface area contributed by atoms with Crippen LogP contribution in [-0.4, -0.2) is 42.1 Å². The van der Waals surface area contributed by atoms with Gasteiger partial charge in [-0.15, -0.1) is 0 Å². The standard InChI is InChI=1S/C28H35NO6/c1-19-12-27(33-5)28(34-6)14-21(19)10-11-29-17-20-8-7-9-22(13-20)35-23-15-25(31-3)24(18-30-2)26(16-23)32-4/h7-9,12-16,29H,10-11,17-18H2,1-6H3. The predicted molar refractivity (Wildman–Crippen MR) is 136 cm³/mol. The average Bonchev–Trinajstić information content (AvgIpc) is 2.88. The smallest absolute Gasteiger partial charge is 0.161 e. The van der Waals surface area contributed by atoms with E-state index in [-0.39, 0.29) is 0 Å². The van der Waals surface area contributed by atoms with E-state index >= 15 is 0 Å². The van der Waals surface area contributed by atoms with E-state index in [1.807, 2.05) is 42.5 Å². The lowest BCUT2D eigenvalue weighted by atomic mass is 10.0. The Balaban J connectivity index is 1.62. The molecule has 3 aromatic carbocycles. The second-order valence-electron chi connectivity index (χ2n) is 8.05. The summed E-state index contributed by atoms with van der Waals surface area (Å²) in [5.41, 5.74) is 4.38. The van der Waals surface area contributed by atoms with E-state index in [2.05, 4.69) is 18.3 Å². The number of rotatable bonds is 13. The average molecular weight is 482 g/mol. The third-order valence-electron chi connectivity index (χ3n) is 5.75. The third kappa shape index (κ3) is 6.81. The van der Waals surface area contributed by atoms with Crippen LogP contribution in [0.3, 0.4) is 0 Å². The molecule has 0 aromatic heterocycles. The molecule has 0 saturated carbocycles. The van der Waals surface area contributed by atoms with Gasteiger partial charge in [0.25, 0.3) is 0 Å². The molecular weight excluding hydrogens is 446 g/mol. The minimum Gasteiger partial charge on any atom is -0.496 e. The maximum Gasteiger partial charge on any atom is 0.161 e. The first kappa shape index (κ1) is 26.2. The van der Waals surface area contributed by atoms with Gasteiger partial charge in [0.2, 0.25) is 0 Å². The Labute approximate surface area is 207 Å². The number of aryl methyl sites for hydroxylation is 1. The minimum atomic E-state index is 0.386. The van der Waals surface area contributed by atoms with E-state index in [0.29, 0.717) is 23.9 Å². The molecule has 3 aromatic rings. The summed E-state index contributed by atoms with van der Waals surface area (Å²) < 4.78 is 33.2. The maximum absolute atomic E-state index is 6.12. The van der Waals surface area contributed by atoms with Gasteiger partial charge in [0, 0.05) is 25.8 Å². The van der Waals surface area contributed by atoms with Gasteiger partial charge in [-0.2, -0.15) is 0 Å². The van der Waals surface area contributed by atoms with Crippen LogP contribution in [0.2, 0.25) is 0 Å². The van der Waals surface area contributed by atoms with E-state index in [4.69, 9.17) is 28.4 Å². The first-order chi connectivity index (χ1) is 17.0. The van der Waals surface area contributed by atoms with Crippen LogP contribution in [0.5, 0.6) is 34.5 Å². The molecule has 0 aliphatic heterocycles. The summed E-state index contributed by atoms with van der Waals surface area (Å²) in [5, 5.41) is 3.51.